The average molecular weight is 296 g/mol. The second-order valence-corrected chi connectivity index (χ2v) is 5.67. The predicted molar refractivity (Wildman–Crippen MR) is 86.2 cm³/mol. The summed E-state index contributed by atoms with van der Waals surface area (Å²) in [6, 6.07) is 12.1. The van der Waals surface area contributed by atoms with Gasteiger partial charge in [-0.2, -0.15) is 0 Å². The van der Waals surface area contributed by atoms with Gasteiger partial charge in [-0.15, -0.1) is 11.3 Å². The molecule has 3 aromatic rings. The Balaban J connectivity index is 2.03. The van der Waals surface area contributed by atoms with Gasteiger partial charge in [0, 0.05) is 22.8 Å². The Morgan fingerprint density at radius 2 is 1.81 bits per heavy atom. The van der Waals surface area contributed by atoms with Gasteiger partial charge in [-0.1, -0.05) is 30.3 Å². The molecule has 0 fully saturated rings. The lowest BCUT2D eigenvalue weighted by atomic mass is 10.1. The third kappa shape index (κ3) is 3.15. The first-order chi connectivity index (χ1) is 10.4. The summed E-state index contributed by atoms with van der Waals surface area (Å²) in [6.07, 6.45) is 4.45. The van der Waals surface area contributed by atoms with Crippen LogP contribution >= 0.6 is 11.3 Å². The summed E-state index contributed by atoms with van der Waals surface area (Å²) in [4.78, 5) is 14.6. The SMILES string of the molecule is CNCCc1sc(-c2ncccn2)nc1-c1ccccc1. The number of benzene rings is 1. The largest absolute Gasteiger partial charge is 0.319 e. The first kappa shape index (κ1) is 13.9. The zero-order valence-electron chi connectivity index (χ0n) is 11.8. The van der Waals surface area contributed by atoms with Crippen molar-refractivity contribution in [3.63, 3.8) is 0 Å². The number of nitrogens with zero attached hydrogens (tertiary/aromatic N) is 3. The van der Waals surface area contributed by atoms with Crippen molar-refractivity contribution in [2.24, 2.45) is 0 Å². The lowest BCUT2D eigenvalue weighted by Crippen LogP contribution is -2.09. The van der Waals surface area contributed by atoms with E-state index in [1.807, 2.05) is 31.3 Å². The lowest BCUT2D eigenvalue weighted by molar-refractivity contribution is 0.799. The van der Waals surface area contributed by atoms with Crippen molar-refractivity contribution in [3.8, 4) is 22.1 Å². The number of nitrogens with one attached hydrogen (secondary N) is 1. The fraction of sp³-hybridized carbons (Fsp3) is 0.188. The zero-order chi connectivity index (χ0) is 14.5. The van der Waals surface area contributed by atoms with Crippen LogP contribution < -0.4 is 5.32 Å². The second-order valence-electron chi connectivity index (χ2n) is 4.58. The van der Waals surface area contributed by atoms with E-state index in [1.54, 1.807) is 23.7 Å². The molecule has 0 aliphatic rings. The van der Waals surface area contributed by atoms with Crippen LogP contribution in [0.25, 0.3) is 22.1 Å². The van der Waals surface area contributed by atoms with Gasteiger partial charge in [0.25, 0.3) is 0 Å². The summed E-state index contributed by atoms with van der Waals surface area (Å²) in [5.41, 5.74) is 2.18. The van der Waals surface area contributed by atoms with Crippen molar-refractivity contribution in [3.05, 3.63) is 53.7 Å². The molecule has 106 valence electrons. The molecule has 1 N–H and O–H groups in total. The number of hydrogen-bond acceptors (Lipinski definition) is 5. The maximum atomic E-state index is 4.77. The molecule has 0 atom stereocenters. The first-order valence-electron chi connectivity index (χ1n) is 6.85. The van der Waals surface area contributed by atoms with Crippen LogP contribution in [-0.2, 0) is 6.42 Å². The van der Waals surface area contributed by atoms with E-state index in [1.165, 1.54) is 4.88 Å². The van der Waals surface area contributed by atoms with Crippen molar-refractivity contribution in [2.45, 2.75) is 6.42 Å². The van der Waals surface area contributed by atoms with E-state index in [0.29, 0.717) is 5.82 Å². The molecule has 0 radical (unpaired) electrons. The highest BCUT2D eigenvalue weighted by molar-refractivity contribution is 7.15. The number of likely N-dealkylation sites (N-methyl/N-ethyl adjacent to an activating group) is 1. The molecule has 21 heavy (non-hydrogen) atoms. The summed E-state index contributed by atoms with van der Waals surface area (Å²) >= 11 is 1.67. The van der Waals surface area contributed by atoms with Crippen LogP contribution in [0.5, 0.6) is 0 Å². The standard InChI is InChI=1S/C16H16N4S/c1-17-11-8-13-14(12-6-3-2-4-7-12)20-16(21-13)15-18-9-5-10-19-15/h2-7,9-10,17H,8,11H2,1H3. The molecular formula is C16H16N4S. The maximum absolute atomic E-state index is 4.77. The quantitative estimate of drug-likeness (QED) is 0.786. The van der Waals surface area contributed by atoms with Gasteiger partial charge in [0.1, 0.15) is 0 Å². The fourth-order valence-electron chi connectivity index (χ4n) is 2.09. The summed E-state index contributed by atoms with van der Waals surface area (Å²) in [6.45, 7) is 0.928. The molecular weight excluding hydrogens is 280 g/mol. The first-order valence-corrected chi connectivity index (χ1v) is 7.67. The van der Waals surface area contributed by atoms with Gasteiger partial charge in [0.2, 0.25) is 0 Å². The smallest absolute Gasteiger partial charge is 0.188 e. The van der Waals surface area contributed by atoms with Gasteiger partial charge < -0.3 is 5.32 Å². The lowest BCUT2D eigenvalue weighted by Gasteiger charge is -2.01. The molecule has 2 heterocycles. The molecule has 4 nitrogen and oxygen atoms in total. The summed E-state index contributed by atoms with van der Waals surface area (Å²) in [5.74, 6) is 0.690. The highest BCUT2D eigenvalue weighted by Crippen LogP contribution is 2.32. The average Bonchev–Trinajstić information content (AvgIpc) is 2.99. The Hall–Kier alpha value is -2.11. The minimum absolute atomic E-state index is 0.690. The second kappa shape index (κ2) is 6.56. The molecule has 0 saturated carbocycles. The number of thiazole rings is 1. The van der Waals surface area contributed by atoms with E-state index < -0.39 is 0 Å². The van der Waals surface area contributed by atoms with E-state index in [4.69, 9.17) is 4.98 Å². The molecule has 0 aliphatic carbocycles. The Bertz CT molecular complexity index is 695. The Morgan fingerprint density at radius 3 is 2.52 bits per heavy atom. The maximum Gasteiger partial charge on any atom is 0.188 e. The van der Waals surface area contributed by atoms with Crippen LogP contribution in [0.1, 0.15) is 4.88 Å². The third-order valence-electron chi connectivity index (χ3n) is 3.10. The van der Waals surface area contributed by atoms with Crippen LogP contribution in [0.3, 0.4) is 0 Å². The van der Waals surface area contributed by atoms with Crippen LogP contribution in [0.15, 0.2) is 48.8 Å². The summed E-state index contributed by atoms with van der Waals surface area (Å²) < 4.78 is 0. The highest BCUT2D eigenvalue weighted by atomic mass is 32.1. The van der Waals surface area contributed by atoms with Gasteiger partial charge in [0.05, 0.1) is 5.69 Å². The van der Waals surface area contributed by atoms with Gasteiger partial charge in [-0.25, -0.2) is 15.0 Å². The van der Waals surface area contributed by atoms with E-state index in [0.717, 1.165) is 29.2 Å². The third-order valence-corrected chi connectivity index (χ3v) is 4.21. The molecule has 2 aromatic heterocycles. The fourth-order valence-corrected chi connectivity index (χ4v) is 3.12. The van der Waals surface area contributed by atoms with Gasteiger partial charge in [-0.3, -0.25) is 0 Å². The highest BCUT2D eigenvalue weighted by Gasteiger charge is 2.15. The van der Waals surface area contributed by atoms with E-state index in [2.05, 4.69) is 27.4 Å². The van der Waals surface area contributed by atoms with E-state index in [9.17, 15) is 0 Å². The molecule has 0 bridgehead atoms. The molecule has 0 spiro atoms. The predicted octanol–water partition coefficient (Wildman–Crippen LogP) is 3.03. The Morgan fingerprint density at radius 1 is 1.05 bits per heavy atom. The molecule has 0 saturated heterocycles. The Labute approximate surface area is 127 Å². The van der Waals surface area contributed by atoms with E-state index in [-0.39, 0.29) is 0 Å². The topological polar surface area (TPSA) is 50.7 Å². The molecule has 5 heteroatoms. The number of rotatable bonds is 5. The van der Waals surface area contributed by atoms with Gasteiger partial charge in [-0.05, 0) is 26.1 Å². The van der Waals surface area contributed by atoms with Crippen molar-refractivity contribution < 1.29 is 0 Å². The molecule has 1 aromatic carbocycles. The van der Waals surface area contributed by atoms with Gasteiger partial charge >= 0.3 is 0 Å². The summed E-state index contributed by atoms with van der Waals surface area (Å²) in [7, 11) is 1.96. The minimum atomic E-state index is 0.690. The van der Waals surface area contributed by atoms with Crippen molar-refractivity contribution in [2.75, 3.05) is 13.6 Å². The summed E-state index contributed by atoms with van der Waals surface area (Å²) in [5, 5.41) is 4.07. The molecule has 0 aliphatic heterocycles. The molecule has 0 amide bonds. The van der Waals surface area contributed by atoms with Crippen molar-refractivity contribution in [1.29, 1.82) is 0 Å². The van der Waals surface area contributed by atoms with Crippen LogP contribution in [0.2, 0.25) is 0 Å². The van der Waals surface area contributed by atoms with Crippen molar-refractivity contribution >= 4 is 11.3 Å². The van der Waals surface area contributed by atoms with Crippen LogP contribution in [0, 0.1) is 0 Å². The van der Waals surface area contributed by atoms with Crippen LogP contribution in [0.4, 0.5) is 0 Å². The van der Waals surface area contributed by atoms with Crippen molar-refractivity contribution in [1.82, 2.24) is 20.3 Å². The molecule has 3 rings (SSSR count). The normalized spacial score (nSPS) is 10.7. The zero-order valence-corrected chi connectivity index (χ0v) is 12.6. The van der Waals surface area contributed by atoms with E-state index >= 15 is 0 Å². The Kier molecular flexibility index (Phi) is 4.33. The van der Waals surface area contributed by atoms with Crippen LogP contribution in [-0.4, -0.2) is 28.5 Å². The molecule has 0 unspecified atom stereocenters. The minimum Gasteiger partial charge on any atom is -0.319 e. The monoisotopic (exact) mass is 296 g/mol. The number of aromatic nitrogens is 3. The number of hydrogen-bond donors (Lipinski definition) is 1. The van der Waals surface area contributed by atoms with Gasteiger partial charge in [0.15, 0.2) is 10.8 Å².